The minimum atomic E-state index is 0.152. The molecule has 2 atom stereocenters. The molecule has 0 saturated heterocycles. The lowest BCUT2D eigenvalue weighted by Gasteiger charge is -2.39. The summed E-state index contributed by atoms with van der Waals surface area (Å²) in [5.74, 6) is 1.72. The van der Waals surface area contributed by atoms with Crippen LogP contribution in [0.15, 0.2) is 200 Å². The lowest BCUT2D eigenvalue weighted by molar-refractivity contribution is 0.481. The maximum Gasteiger partial charge on any atom is 0.138 e. The maximum absolute atomic E-state index is 6.50. The van der Waals surface area contributed by atoms with E-state index in [0.29, 0.717) is 0 Å². The fraction of sp³-hybridized carbons (Fsp3) is 0.0909. The molecule has 0 amide bonds. The fourth-order valence-corrected chi connectivity index (χ4v) is 8.78. The Labute approximate surface area is 340 Å². The van der Waals surface area contributed by atoms with Gasteiger partial charge in [0.2, 0.25) is 0 Å². The average Bonchev–Trinajstić information content (AvgIpc) is 3.62. The van der Waals surface area contributed by atoms with Gasteiger partial charge in [-0.15, -0.1) is 0 Å². The zero-order valence-corrected chi connectivity index (χ0v) is 32.6. The Hall–Kier alpha value is -7.10. The van der Waals surface area contributed by atoms with Gasteiger partial charge in [-0.05, 0) is 95.6 Å². The van der Waals surface area contributed by atoms with Gasteiger partial charge in [0.05, 0.1) is 17.6 Å². The third-order valence-electron chi connectivity index (χ3n) is 11.6. The first kappa shape index (κ1) is 35.3. The number of hydrogen-bond acceptors (Lipinski definition) is 2. The van der Waals surface area contributed by atoms with Crippen LogP contribution < -0.4 is 20.2 Å². The van der Waals surface area contributed by atoms with Crippen LogP contribution in [0.4, 0.5) is 5.69 Å². The monoisotopic (exact) mass is 748 g/mol. The molecule has 0 radical (unpaired) electrons. The Morgan fingerprint density at radius 1 is 0.552 bits per heavy atom. The first-order chi connectivity index (χ1) is 28.7. The van der Waals surface area contributed by atoms with Crippen molar-refractivity contribution >= 4 is 34.3 Å². The van der Waals surface area contributed by atoms with E-state index in [4.69, 9.17) is 4.74 Å². The largest absolute Gasteiger partial charge is 0.456 e. The lowest BCUT2D eigenvalue weighted by Crippen LogP contribution is -2.46. The Bertz CT molecular complexity index is 2910. The summed E-state index contributed by atoms with van der Waals surface area (Å²) in [5, 5.41) is 3.85. The second kappa shape index (κ2) is 15.4. The van der Waals surface area contributed by atoms with Gasteiger partial charge < -0.3 is 14.2 Å². The van der Waals surface area contributed by atoms with Gasteiger partial charge in [0.15, 0.2) is 0 Å². The molecule has 0 bridgehead atoms. The highest BCUT2D eigenvalue weighted by atomic mass is 16.5. The number of aromatic nitrogens is 1. The molecule has 7 aromatic carbocycles. The highest BCUT2D eigenvalue weighted by Gasteiger charge is 2.27. The van der Waals surface area contributed by atoms with Crippen LogP contribution in [0, 0.1) is 6.92 Å². The molecule has 0 spiro atoms. The van der Waals surface area contributed by atoms with Crippen molar-refractivity contribution < 1.29 is 4.74 Å². The highest BCUT2D eigenvalue weighted by Crippen LogP contribution is 2.38. The third kappa shape index (κ3) is 6.75. The summed E-state index contributed by atoms with van der Waals surface area (Å²) in [6.45, 7) is 2.12. The molecule has 2 aliphatic rings. The standard InChI is InChI=1S/C55H44N2O/c1-39-14-13-22-50(55(39)58-49-19-9-4-10-20-49)44-30-34-47(35-31-44)56(46-32-28-43(29-33-46)42-26-24-41(25-27-42)40-15-5-2-6-16-40)48-36-37-54-52(38-48)51-21-11-12-23-53(51)57(54)45-17-7-3-8-18-45/h2-32,34-35,37-38,46,48H,33,36H2,1H3. The van der Waals surface area contributed by atoms with Crippen LogP contribution in [-0.2, 0) is 0 Å². The van der Waals surface area contributed by atoms with Crippen molar-refractivity contribution in [2.75, 3.05) is 4.90 Å². The Morgan fingerprint density at radius 3 is 1.93 bits per heavy atom. The zero-order valence-electron chi connectivity index (χ0n) is 32.6. The SMILES string of the molecule is Cc1cccc(-c2ccc(N(C3C=CC(c4ccc(-c5ccccc5)cc4)=CC3)C3C=c4c(n(-c5ccccc5)c5ccccc45)=CC3)cc2)c1Oc1ccccc1. The van der Waals surface area contributed by atoms with Gasteiger partial charge in [0.25, 0.3) is 0 Å². The number of allylic oxidation sites excluding steroid dienone is 2. The second-order valence-corrected chi connectivity index (χ2v) is 15.2. The van der Waals surface area contributed by atoms with Crippen LogP contribution in [0.5, 0.6) is 11.5 Å². The molecule has 58 heavy (non-hydrogen) atoms. The molecule has 280 valence electrons. The number of nitrogens with zero attached hydrogens (tertiary/aromatic N) is 2. The normalized spacial score (nSPS) is 15.8. The van der Waals surface area contributed by atoms with Crippen molar-refractivity contribution in [3.8, 4) is 39.4 Å². The number of fused-ring (bicyclic) bond motifs is 3. The van der Waals surface area contributed by atoms with E-state index in [1.165, 1.54) is 55.1 Å². The second-order valence-electron chi connectivity index (χ2n) is 15.2. The maximum atomic E-state index is 6.50. The molecule has 10 rings (SSSR count). The topological polar surface area (TPSA) is 17.4 Å². The lowest BCUT2D eigenvalue weighted by atomic mass is 9.92. The van der Waals surface area contributed by atoms with E-state index >= 15 is 0 Å². The first-order valence-electron chi connectivity index (χ1n) is 20.3. The van der Waals surface area contributed by atoms with Gasteiger partial charge in [0.1, 0.15) is 11.5 Å². The third-order valence-corrected chi connectivity index (χ3v) is 11.6. The van der Waals surface area contributed by atoms with Crippen LogP contribution in [0.2, 0.25) is 0 Å². The Kier molecular flexibility index (Phi) is 9.41. The van der Waals surface area contributed by atoms with Crippen LogP contribution in [0.3, 0.4) is 0 Å². The summed E-state index contributed by atoms with van der Waals surface area (Å²) < 4.78 is 8.93. The van der Waals surface area contributed by atoms with Crippen molar-refractivity contribution in [2.45, 2.75) is 31.8 Å². The average molecular weight is 749 g/mol. The number of hydrogen-bond donors (Lipinski definition) is 0. The predicted octanol–water partition coefficient (Wildman–Crippen LogP) is 12.3. The number of ether oxygens (including phenoxy) is 1. The molecule has 0 fully saturated rings. The molecule has 3 nitrogen and oxygen atoms in total. The quantitative estimate of drug-likeness (QED) is 0.146. The highest BCUT2D eigenvalue weighted by molar-refractivity contribution is 5.85. The van der Waals surface area contributed by atoms with Crippen molar-refractivity contribution in [3.05, 3.63) is 222 Å². The molecule has 0 aliphatic heterocycles. The van der Waals surface area contributed by atoms with E-state index in [1.54, 1.807) is 0 Å². The molecular formula is C55H44N2O. The van der Waals surface area contributed by atoms with E-state index < -0.39 is 0 Å². The summed E-state index contributed by atoms with van der Waals surface area (Å²) in [7, 11) is 0. The van der Waals surface area contributed by atoms with Crippen molar-refractivity contribution in [1.29, 1.82) is 0 Å². The molecule has 2 aliphatic carbocycles. The Balaban J connectivity index is 1.02. The Morgan fingerprint density at radius 2 is 1.19 bits per heavy atom. The van der Waals surface area contributed by atoms with Crippen LogP contribution in [0.25, 0.3) is 56.6 Å². The van der Waals surface area contributed by atoms with Gasteiger partial charge in [-0.1, -0.05) is 170 Å². The zero-order chi connectivity index (χ0) is 38.8. The number of benzene rings is 7. The van der Waals surface area contributed by atoms with Gasteiger partial charge in [0, 0.05) is 32.9 Å². The minimum absolute atomic E-state index is 0.152. The fourth-order valence-electron chi connectivity index (χ4n) is 8.78. The number of para-hydroxylation sites is 4. The van der Waals surface area contributed by atoms with Crippen LogP contribution in [-0.4, -0.2) is 16.7 Å². The van der Waals surface area contributed by atoms with Crippen molar-refractivity contribution in [2.24, 2.45) is 0 Å². The van der Waals surface area contributed by atoms with E-state index in [0.717, 1.165) is 41.0 Å². The molecule has 0 saturated carbocycles. The summed E-state index contributed by atoms with van der Waals surface area (Å²) in [4.78, 5) is 2.64. The summed E-state index contributed by atoms with van der Waals surface area (Å²) in [5.41, 5.74) is 11.9. The number of anilines is 1. The number of rotatable bonds is 9. The van der Waals surface area contributed by atoms with Crippen LogP contribution >= 0.6 is 0 Å². The molecule has 0 N–H and O–H groups in total. The van der Waals surface area contributed by atoms with Crippen LogP contribution in [0.1, 0.15) is 24.0 Å². The molecule has 1 heterocycles. The van der Waals surface area contributed by atoms with Gasteiger partial charge in [-0.2, -0.15) is 0 Å². The smallest absolute Gasteiger partial charge is 0.138 e. The first-order valence-corrected chi connectivity index (χ1v) is 20.3. The number of aryl methyl sites for hydroxylation is 1. The van der Waals surface area contributed by atoms with Gasteiger partial charge in [-0.3, -0.25) is 0 Å². The predicted molar refractivity (Wildman–Crippen MR) is 243 cm³/mol. The van der Waals surface area contributed by atoms with Crippen molar-refractivity contribution in [1.82, 2.24) is 4.57 Å². The van der Waals surface area contributed by atoms with Gasteiger partial charge in [-0.25, -0.2) is 0 Å². The van der Waals surface area contributed by atoms with E-state index in [1.807, 2.05) is 30.3 Å². The summed E-state index contributed by atoms with van der Waals surface area (Å²) >= 11 is 0. The van der Waals surface area contributed by atoms with Gasteiger partial charge >= 0.3 is 0 Å². The minimum Gasteiger partial charge on any atom is -0.456 e. The van der Waals surface area contributed by atoms with E-state index in [2.05, 4.69) is 198 Å². The van der Waals surface area contributed by atoms with E-state index in [9.17, 15) is 0 Å². The molecular weight excluding hydrogens is 705 g/mol. The summed E-state index contributed by atoms with van der Waals surface area (Å²) in [6.07, 6.45) is 13.9. The molecule has 8 aromatic rings. The summed E-state index contributed by atoms with van der Waals surface area (Å²) in [6, 6.07) is 65.1. The molecule has 3 heteroatoms. The molecule has 1 aromatic heterocycles. The van der Waals surface area contributed by atoms with Crippen molar-refractivity contribution in [3.63, 3.8) is 0 Å². The van der Waals surface area contributed by atoms with E-state index in [-0.39, 0.29) is 12.1 Å². The molecule has 2 unspecified atom stereocenters.